The molecular weight excluding hydrogens is 426 g/mol. The van der Waals surface area contributed by atoms with Crippen LogP contribution in [0.4, 0.5) is 5.69 Å². The number of carbonyl (C=O) groups excluding carboxylic acids is 1. The fourth-order valence-electron chi connectivity index (χ4n) is 3.38. The first kappa shape index (κ1) is 23.2. The molecule has 2 aromatic rings. The molecule has 1 unspecified atom stereocenters. The normalized spacial score (nSPS) is 15.8. The Kier molecular flexibility index (Phi) is 7.43. The van der Waals surface area contributed by atoms with E-state index < -0.39 is 6.04 Å². The van der Waals surface area contributed by atoms with E-state index in [0.29, 0.717) is 34.3 Å². The molecule has 1 aliphatic heterocycles. The number of halogens is 1. The summed E-state index contributed by atoms with van der Waals surface area (Å²) in [5.74, 6) is 0.632. The number of rotatable bonds is 6. The Morgan fingerprint density at radius 3 is 2.62 bits per heavy atom. The summed E-state index contributed by atoms with van der Waals surface area (Å²) in [7, 11) is 1.58. The fraction of sp³-hybridized carbons (Fsp3) is 0.250. The third-order valence-corrected chi connectivity index (χ3v) is 5.17. The monoisotopic (exact) mass is 451 g/mol. The minimum absolute atomic E-state index is 0.0763. The molecular formula is C24H26ClN5O2. The number of aliphatic imine (C=N–C) groups is 1. The van der Waals surface area contributed by atoms with Crippen molar-refractivity contribution in [3.8, 4) is 5.75 Å². The number of hydrogen-bond donors (Lipinski definition) is 3. The van der Waals surface area contributed by atoms with Gasteiger partial charge in [0.2, 0.25) is 5.91 Å². The van der Waals surface area contributed by atoms with Crippen LogP contribution in [0.2, 0.25) is 5.02 Å². The molecule has 1 atom stereocenters. The topological polar surface area (TPSA) is 102 Å². The van der Waals surface area contributed by atoms with Gasteiger partial charge in [-0.05, 0) is 49.8 Å². The van der Waals surface area contributed by atoms with Gasteiger partial charge in [-0.15, -0.1) is 0 Å². The zero-order valence-corrected chi connectivity index (χ0v) is 19.0. The number of carbonyl (C=O) groups is 1. The first-order chi connectivity index (χ1) is 15.3. The number of benzene rings is 2. The van der Waals surface area contributed by atoms with Crippen LogP contribution in [0, 0.1) is 10.8 Å². The van der Waals surface area contributed by atoms with Gasteiger partial charge in [0.15, 0.2) is 0 Å². The second-order valence-electron chi connectivity index (χ2n) is 7.27. The molecule has 0 saturated heterocycles. The maximum atomic E-state index is 12.1. The Morgan fingerprint density at radius 1 is 1.28 bits per heavy atom. The number of benzodiazepines with no additional fused rings is 1. The van der Waals surface area contributed by atoms with Gasteiger partial charge in [0.1, 0.15) is 23.5 Å². The van der Waals surface area contributed by atoms with Gasteiger partial charge in [0, 0.05) is 28.8 Å². The molecule has 8 heteroatoms. The number of amides is 1. The first-order valence-electron chi connectivity index (χ1n) is 10.3. The van der Waals surface area contributed by atoms with Crippen molar-refractivity contribution in [2.75, 3.05) is 18.6 Å². The number of nitrogens with one attached hydrogen (secondary N) is 3. The molecule has 1 aliphatic rings. The van der Waals surface area contributed by atoms with Crippen molar-refractivity contribution >= 4 is 40.6 Å². The lowest BCUT2D eigenvalue weighted by Crippen LogP contribution is -2.39. The van der Waals surface area contributed by atoms with Crippen molar-refractivity contribution in [2.45, 2.75) is 26.3 Å². The summed E-state index contributed by atoms with van der Waals surface area (Å²) < 4.78 is 5.42. The molecule has 0 spiro atoms. The SMILES string of the molecule is CCCNC(=O)/C=C/C1N=C(c2ccc(Cl)cc2)c2cc(OC)ccc2N(C(C)=N)C1=N. The Bertz CT molecular complexity index is 1090. The molecule has 1 heterocycles. The Morgan fingerprint density at radius 2 is 2.00 bits per heavy atom. The number of nitrogens with zero attached hydrogens (tertiary/aromatic N) is 2. The van der Waals surface area contributed by atoms with E-state index in [1.54, 1.807) is 38.3 Å². The number of ether oxygens (including phenoxy) is 1. The predicted octanol–water partition coefficient (Wildman–Crippen LogP) is 4.43. The molecule has 0 aliphatic carbocycles. The summed E-state index contributed by atoms with van der Waals surface area (Å²) in [6.45, 7) is 4.16. The van der Waals surface area contributed by atoms with Crippen LogP contribution in [-0.2, 0) is 4.79 Å². The van der Waals surface area contributed by atoms with Crippen LogP contribution >= 0.6 is 11.6 Å². The minimum Gasteiger partial charge on any atom is -0.497 e. The Balaban J connectivity index is 2.18. The van der Waals surface area contributed by atoms with Crippen molar-refractivity contribution in [1.82, 2.24) is 5.32 Å². The van der Waals surface area contributed by atoms with Crippen LogP contribution in [0.3, 0.4) is 0 Å². The van der Waals surface area contributed by atoms with E-state index in [-0.39, 0.29) is 17.6 Å². The summed E-state index contributed by atoms with van der Waals surface area (Å²) in [6, 6.07) is 11.9. The molecule has 7 nitrogen and oxygen atoms in total. The molecule has 3 N–H and O–H groups in total. The summed E-state index contributed by atoms with van der Waals surface area (Å²) in [5, 5.41) is 20.5. The van der Waals surface area contributed by atoms with Crippen LogP contribution < -0.4 is 15.0 Å². The van der Waals surface area contributed by atoms with Gasteiger partial charge in [0.25, 0.3) is 0 Å². The summed E-state index contributed by atoms with van der Waals surface area (Å²) in [6.07, 6.45) is 3.81. The van der Waals surface area contributed by atoms with Gasteiger partial charge >= 0.3 is 0 Å². The molecule has 166 valence electrons. The lowest BCUT2D eigenvalue weighted by Gasteiger charge is -2.25. The third-order valence-electron chi connectivity index (χ3n) is 4.92. The Labute approximate surface area is 192 Å². The van der Waals surface area contributed by atoms with E-state index >= 15 is 0 Å². The van der Waals surface area contributed by atoms with Gasteiger partial charge in [-0.1, -0.05) is 30.7 Å². The van der Waals surface area contributed by atoms with Crippen LogP contribution in [0.5, 0.6) is 5.75 Å². The van der Waals surface area contributed by atoms with Gasteiger partial charge in [-0.25, -0.2) is 0 Å². The maximum absolute atomic E-state index is 12.1. The van der Waals surface area contributed by atoms with Gasteiger partial charge in [-0.2, -0.15) is 0 Å². The third kappa shape index (κ3) is 5.06. The van der Waals surface area contributed by atoms with Crippen molar-refractivity contribution < 1.29 is 9.53 Å². The predicted molar refractivity (Wildman–Crippen MR) is 130 cm³/mol. The highest BCUT2D eigenvalue weighted by molar-refractivity contribution is 6.31. The molecule has 0 fully saturated rings. The summed E-state index contributed by atoms with van der Waals surface area (Å²) in [5.41, 5.74) is 2.78. The van der Waals surface area contributed by atoms with E-state index in [4.69, 9.17) is 32.1 Å². The number of hydrogen-bond acceptors (Lipinski definition) is 5. The molecule has 32 heavy (non-hydrogen) atoms. The number of amidine groups is 2. The zero-order chi connectivity index (χ0) is 23.3. The molecule has 0 bridgehead atoms. The van der Waals surface area contributed by atoms with Crippen molar-refractivity contribution in [2.24, 2.45) is 4.99 Å². The number of anilines is 1. The van der Waals surface area contributed by atoms with Crippen LogP contribution in [0.25, 0.3) is 0 Å². The standard InChI is InChI=1S/C24H26ClN5O2/c1-4-13-28-22(31)12-10-20-24(27)30(15(2)26)21-11-9-18(32-3)14-19(21)23(29-20)16-5-7-17(25)8-6-16/h5-12,14,20,26-27H,4,13H2,1-3H3,(H,28,31)/b12-10+,26-15?,27-24?. The highest BCUT2D eigenvalue weighted by Crippen LogP contribution is 2.32. The van der Waals surface area contributed by atoms with Crippen LogP contribution in [-0.4, -0.2) is 43.0 Å². The lowest BCUT2D eigenvalue weighted by molar-refractivity contribution is -0.116. The number of methoxy groups -OCH3 is 1. The summed E-state index contributed by atoms with van der Waals surface area (Å²) >= 11 is 6.09. The van der Waals surface area contributed by atoms with Gasteiger partial charge in [-0.3, -0.25) is 25.5 Å². The molecule has 0 saturated carbocycles. The second kappa shape index (κ2) is 10.2. The van der Waals surface area contributed by atoms with E-state index in [2.05, 4.69) is 5.32 Å². The molecule has 1 amide bonds. The minimum atomic E-state index is -0.772. The van der Waals surface area contributed by atoms with Gasteiger partial charge in [0.05, 0.1) is 18.5 Å². The van der Waals surface area contributed by atoms with Crippen LogP contribution in [0.1, 0.15) is 31.4 Å². The average molecular weight is 452 g/mol. The van der Waals surface area contributed by atoms with Crippen molar-refractivity contribution in [1.29, 1.82) is 10.8 Å². The van der Waals surface area contributed by atoms with E-state index in [1.807, 2.05) is 31.2 Å². The molecule has 2 aromatic carbocycles. The van der Waals surface area contributed by atoms with Crippen LogP contribution in [0.15, 0.2) is 59.6 Å². The van der Waals surface area contributed by atoms with Crippen molar-refractivity contribution in [3.05, 3.63) is 70.8 Å². The fourth-order valence-corrected chi connectivity index (χ4v) is 3.50. The maximum Gasteiger partial charge on any atom is 0.243 e. The lowest BCUT2D eigenvalue weighted by atomic mass is 9.99. The number of fused-ring (bicyclic) bond motifs is 1. The first-order valence-corrected chi connectivity index (χ1v) is 10.7. The highest BCUT2D eigenvalue weighted by atomic mass is 35.5. The molecule has 3 rings (SSSR count). The van der Waals surface area contributed by atoms with E-state index in [9.17, 15) is 4.79 Å². The van der Waals surface area contributed by atoms with Gasteiger partial charge < -0.3 is 10.1 Å². The Hall–Kier alpha value is -3.45. The zero-order valence-electron chi connectivity index (χ0n) is 18.3. The molecule has 0 radical (unpaired) electrons. The molecule has 0 aromatic heterocycles. The largest absolute Gasteiger partial charge is 0.497 e. The second-order valence-corrected chi connectivity index (χ2v) is 7.71. The highest BCUT2D eigenvalue weighted by Gasteiger charge is 2.30. The summed E-state index contributed by atoms with van der Waals surface area (Å²) in [4.78, 5) is 18.5. The van der Waals surface area contributed by atoms with E-state index in [1.165, 1.54) is 11.0 Å². The smallest absolute Gasteiger partial charge is 0.243 e. The average Bonchev–Trinajstić information content (AvgIpc) is 2.90. The quantitative estimate of drug-likeness (QED) is 0.344. The van der Waals surface area contributed by atoms with Crippen molar-refractivity contribution in [3.63, 3.8) is 0 Å². The van der Waals surface area contributed by atoms with E-state index in [0.717, 1.165) is 12.0 Å².